The third-order valence-corrected chi connectivity index (χ3v) is 7.80. The normalized spacial score (nSPS) is 24.0. The van der Waals surface area contributed by atoms with E-state index >= 15 is 0 Å². The summed E-state index contributed by atoms with van der Waals surface area (Å²) < 4.78 is 5.13. The Morgan fingerprint density at radius 1 is 1.23 bits per heavy atom. The molecule has 184 valence electrons. The molecule has 35 heavy (non-hydrogen) atoms. The Morgan fingerprint density at radius 2 is 2.03 bits per heavy atom. The van der Waals surface area contributed by atoms with Crippen molar-refractivity contribution in [3.05, 3.63) is 69.0 Å². The molecule has 2 atom stereocenters. The number of hydrogen-bond donors (Lipinski definition) is 1. The van der Waals surface area contributed by atoms with Crippen molar-refractivity contribution in [1.29, 1.82) is 0 Å². The van der Waals surface area contributed by atoms with Crippen molar-refractivity contribution in [2.45, 2.75) is 38.4 Å². The van der Waals surface area contributed by atoms with Crippen LogP contribution < -0.4 is 10.2 Å². The van der Waals surface area contributed by atoms with Crippen molar-refractivity contribution in [1.82, 2.24) is 25.2 Å². The molecular formula is C25H27Cl2N5O3. The second-order valence-electron chi connectivity index (χ2n) is 9.47. The Kier molecular flexibility index (Phi) is 6.15. The van der Waals surface area contributed by atoms with E-state index in [0.717, 1.165) is 11.1 Å². The monoisotopic (exact) mass is 515 g/mol. The zero-order chi connectivity index (χ0) is 24.9. The fourth-order valence-corrected chi connectivity index (χ4v) is 5.54. The number of halogens is 2. The van der Waals surface area contributed by atoms with E-state index in [1.807, 2.05) is 27.8 Å². The zero-order valence-electron chi connectivity index (χ0n) is 19.8. The summed E-state index contributed by atoms with van der Waals surface area (Å²) in [5, 5.41) is 2.71. The van der Waals surface area contributed by atoms with E-state index in [0.29, 0.717) is 59.8 Å². The molecule has 10 heteroatoms. The van der Waals surface area contributed by atoms with Gasteiger partial charge in [-0.25, -0.2) is 10.4 Å². The van der Waals surface area contributed by atoms with Gasteiger partial charge in [0.1, 0.15) is 5.70 Å². The Labute approximate surface area is 214 Å². The molecule has 3 aliphatic heterocycles. The zero-order valence-corrected chi connectivity index (χ0v) is 21.4. The number of hydrogen-bond acceptors (Lipinski definition) is 6. The molecule has 8 nitrogen and oxygen atoms in total. The number of amides is 2. The highest BCUT2D eigenvalue weighted by Gasteiger charge is 2.51. The SMILES string of the molecule is COc1ccc(CN2CCN3NC4(C)C[C@@H](C)N(C(=O)c5ccc(Cl)c(Cl)c5)CC4=C3C2=O)cn1. The maximum Gasteiger partial charge on any atom is 0.271 e. The number of aromatic nitrogens is 1. The van der Waals surface area contributed by atoms with Crippen LogP contribution in [0.3, 0.4) is 0 Å². The first-order chi connectivity index (χ1) is 16.7. The second kappa shape index (κ2) is 9.00. The lowest BCUT2D eigenvalue weighted by molar-refractivity contribution is -0.132. The van der Waals surface area contributed by atoms with Gasteiger partial charge in [-0.15, -0.1) is 0 Å². The van der Waals surface area contributed by atoms with Crippen molar-refractivity contribution in [2.24, 2.45) is 0 Å². The van der Waals surface area contributed by atoms with E-state index in [4.69, 9.17) is 27.9 Å². The molecule has 0 saturated carbocycles. The number of nitrogens with one attached hydrogen (secondary N) is 1. The highest BCUT2D eigenvalue weighted by molar-refractivity contribution is 6.42. The van der Waals surface area contributed by atoms with Crippen molar-refractivity contribution in [2.75, 3.05) is 26.7 Å². The smallest absolute Gasteiger partial charge is 0.271 e. The van der Waals surface area contributed by atoms with E-state index in [2.05, 4.69) is 17.3 Å². The third-order valence-electron chi connectivity index (χ3n) is 7.06. The van der Waals surface area contributed by atoms with Gasteiger partial charge in [0.2, 0.25) is 5.88 Å². The van der Waals surface area contributed by atoms with Gasteiger partial charge in [0, 0.05) is 49.1 Å². The van der Waals surface area contributed by atoms with Crippen LogP contribution in [0.15, 0.2) is 47.8 Å². The van der Waals surface area contributed by atoms with Crippen LogP contribution in [0.4, 0.5) is 0 Å². The van der Waals surface area contributed by atoms with Gasteiger partial charge in [-0.1, -0.05) is 29.3 Å². The fourth-order valence-electron chi connectivity index (χ4n) is 5.24. The predicted molar refractivity (Wildman–Crippen MR) is 133 cm³/mol. The molecule has 2 fully saturated rings. The van der Waals surface area contributed by atoms with Gasteiger partial charge in [-0.2, -0.15) is 0 Å². The first kappa shape index (κ1) is 23.9. The van der Waals surface area contributed by atoms with Gasteiger partial charge >= 0.3 is 0 Å². The number of piperidine rings is 1. The van der Waals surface area contributed by atoms with Crippen LogP contribution in [0.2, 0.25) is 10.0 Å². The number of pyridine rings is 1. The van der Waals surface area contributed by atoms with E-state index in [1.54, 1.807) is 37.6 Å². The Morgan fingerprint density at radius 3 is 2.71 bits per heavy atom. The minimum Gasteiger partial charge on any atom is -0.481 e. The standard InChI is InChI=1S/C25H27Cl2N5O3/c1-15-11-25(2)18(14-31(15)23(33)17-5-6-19(26)20(27)10-17)22-24(34)30(8-9-32(22)29-25)13-16-4-7-21(35-3)28-12-16/h4-7,10,12,15,29H,8-9,11,13-14H2,1-3H3/t15-,25?/m1/s1. The van der Waals surface area contributed by atoms with Gasteiger partial charge in [0.05, 0.1) is 29.2 Å². The van der Waals surface area contributed by atoms with Crippen LogP contribution in [0.25, 0.3) is 0 Å². The summed E-state index contributed by atoms with van der Waals surface area (Å²) in [7, 11) is 1.57. The molecule has 5 rings (SSSR count). The molecule has 2 aromatic rings. The summed E-state index contributed by atoms with van der Waals surface area (Å²) in [4.78, 5) is 35.0. The van der Waals surface area contributed by atoms with Gasteiger partial charge in [-0.3, -0.25) is 9.59 Å². The highest BCUT2D eigenvalue weighted by Crippen LogP contribution is 2.41. The van der Waals surface area contributed by atoms with Gasteiger partial charge in [0.15, 0.2) is 0 Å². The van der Waals surface area contributed by atoms with Crippen molar-refractivity contribution in [3.8, 4) is 5.88 Å². The minimum atomic E-state index is -0.392. The van der Waals surface area contributed by atoms with E-state index in [9.17, 15) is 9.59 Å². The number of carbonyl (C=O) groups excluding carboxylic acids is 2. The van der Waals surface area contributed by atoms with Crippen LogP contribution in [-0.2, 0) is 11.3 Å². The lowest BCUT2D eigenvalue weighted by Gasteiger charge is -2.43. The third kappa shape index (κ3) is 4.24. The summed E-state index contributed by atoms with van der Waals surface area (Å²) in [5.41, 5.74) is 6.15. The van der Waals surface area contributed by atoms with Crippen LogP contribution in [0.1, 0.15) is 36.2 Å². The molecule has 0 aliphatic carbocycles. The number of nitrogens with zero attached hydrogens (tertiary/aromatic N) is 4. The maximum atomic E-state index is 13.6. The second-order valence-corrected chi connectivity index (χ2v) is 10.3. The number of rotatable bonds is 4. The van der Waals surface area contributed by atoms with Crippen LogP contribution in [-0.4, -0.2) is 69.9 Å². The number of ether oxygens (including phenoxy) is 1. The average molecular weight is 516 g/mol. The number of methoxy groups -OCH3 is 1. The number of piperazine rings is 1. The summed E-state index contributed by atoms with van der Waals surface area (Å²) in [6.45, 7) is 6.21. The molecule has 2 amide bonds. The lowest BCUT2D eigenvalue weighted by atomic mass is 9.81. The number of likely N-dealkylation sites (tertiary alicyclic amines) is 1. The van der Waals surface area contributed by atoms with E-state index in [-0.39, 0.29) is 17.9 Å². The first-order valence-corrected chi connectivity index (χ1v) is 12.3. The van der Waals surface area contributed by atoms with Gasteiger partial charge in [-0.05, 0) is 44.0 Å². The fraction of sp³-hybridized carbons (Fsp3) is 0.400. The van der Waals surface area contributed by atoms with Gasteiger partial charge < -0.3 is 19.5 Å². The number of fused-ring (bicyclic) bond motifs is 2. The number of benzene rings is 1. The Bertz CT molecular complexity index is 1220. The lowest BCUT2D eigenvalue weighted by Crippen LogP contribution is -2.57. The molecule has 3 aliphatic rings. The first-order valence-electron chi connectivity index (χ1n) is 11.5. The molecule has 0 bridgehead atoms. The van der Waals surface area contributed by atoms with Crippen LogP contribution >= 0.6 is 23.2 Å². The maximum absolute atomic E-state index is 13.6. The van der Waals surface area contributed by atoms with Crippen molar-refractivity contribution < 1.29 is 14.3 Å². The molecular weight excluding hydrogens is 489 g/mol. The Hall–Kier alpha value is -2.81. The topological polar surface area (TPSA) is 78.0 Å². The van der Waals surface area contributed by atoms with Crippen molar-refractivity contribution in [3.63, 3.8) is 0 Å². The number of hydrazine groups is 1. The molecule has 0 radical (unpaired) electrons. The molecule has 1 unspecified atom stereocenters. The number of carbonyl (C=O) groups is 2. The van der Waals surface area contributed by atoms with Crippen molar-refractivity contribution >= 4 is 35.0 Å². The quantitative estimate of drug-likeness (QED) is 0.671. The van der Waals surface area contributed by atoms with E-state index < -0.39 is 5.54 Å². The largest absolute Gasteiger partial charge is 0.481 e. The summed E-state index contributed by atoms with van der Waals surface area (Å²) in [5.74, 6) is 0.359. The molecule has 4 heterocycles. The molecule has 1 aromatic carbocycles. The minimum absolute atomic E-state index is 0.0308. The van der Waals surface area contributed by atoms with Crippen LogP contribution in [0.5, 0.6) is 5.88 Å². The average Bonchev–Trinajstić information content (AvgIpc) is 3.13. The molecule has 1 aromatic heterocycles. The van der Waals surface area contributed by atoms with E-state index in [1.165, 1.54) is 0 Å². The predicted octanol–water partition coefficient (Wildman–Crippen LogP) is 3.51. The summed E-state index contributed by atoms with van der Waals surface area (Å²) in [6.07, 6.45) is 2.42. The molecule has 0 spiro atoms. The molecule has 2 saturated heterocycles. The van der Waals surface area contributed by atoms with Gasteiger partial charge in [0.25, 0.3) is 11.8 Å². The summed E-state index contributed by atoms with van der Waals surface area (Å²) in [6, 6.07) is 8.59. The Balaban J connectivity index is 1.42. The van der Waals surface area contributed by atoms with Crippen LogP contribution in [0, 0.1) is 0 Å². The summed E-state index contributed by atoms with van der Waals surface area (Å²) >= 11 is 12.2. The molecule has 1 N–H and O–H groups in total. The highest BCUT2D eigenvalue weighted by atomic mass is 35.5.